The zero-order chi connectivity index (χ0) is 21.8. The van der Waals surface area contributed by atoms with Crippen molar-refractivity contribution in [3.63, 3.8) is 0 Å². The molecule has 2 aromatic carbocycles. The van der Waals surface area contributed by atoms with Crippen LogP contribution < -0.4 is 0 Å². The van der Waals surface area contributed by atoms with Crippen LogP contribution in [0.4, 0.5) is 0 Å². The summed E-state index contributed by atoms with van der Waals surface area (Å²) >= 11 is 0. The summed E-state index contributed by atoms with van der Waals surface area (Å²) < 4.78 is 2.35. The molecule has 1 aliphatic heterocycles. The van der Waals surface area contributed by atoms with Gasteiger partial charge in [-0.05, 0) is 88.4 Å². The number of amides is 1. The van der Waals surface area contributed by atoms with Gasteiger partial charge in [0.15, 0.2) is 0 Å². The summed E-state index contributed by atoms with van der Waals surface area (Å²) in [5.41, 5.74) is 8.71. The molecule has 1 unspecified atom stereocenters. The largest absolute Gasteiger partial charge is 0.337 e. The number of carbonyl (C=O) groups excluding carboxylic acids is 1. The second kappa shape index (κ2) is 7.26. The van der Waals surface area contributed by atoms with E-state index in [4.69, 9.17) is 4.98 Å². The molecule has 0 saturated carbocycles. The highest BCUT2D eigenvalue weighted by atomic mass is 16.2. The minimum atomic E-state index is -0.163. The molecule has 4 nitrogen and oxygen atoms in total. The third-order valence-corrected chi connectivity index (χ3v) is 6.82. The van der Waals surface area contributed by atoms with Crippen molar-refractivity contribution in [1.82, 2.24) is 14.5 Å². The lowest BCUT2D eigenvalue weighted by atomic mass is 9.94. The molecule has 1 aliphatic rings. The second-order valence-electron chi connectivity index (χ2n) is 9.86. The second-order valence-corrected chi connectivity index (χ2v) is 9.86. The molecule has 4 rings (SSSR count). The van der Waals surface area contributed by atoms with Crippen molar-refractivity contribution in [2.45, 2.75) is 72.9 Å². The SMILES string of the molecule is Cc1cc(C)c(C)c(Cn2c(C3CC(=O)N(C(C)(C)C)C3)nc3ccccc32)c1C. The number of aromatic nitrogens is 2. The van der Waals surface area contributed by atoms with E-state index in [-0.39, 0.29) is 17.4 Å². The fraction of sp³-hybridized carbons (Fsp3) is 0.462. The first-order chi connectivity index (χ1) is 14.1. The Morgan fingerprint density at radius 2 is 1.67 bits per heavy atom. The molecule has 0 radical (unpaired) electrons. The fourth-order valence-corrected chi connectivity index (χ4v) is 4.79. The Labute approximate surface area is 179 Å². The summed E-state index contributed by atoms with van der Waals surface area (Å²) in [5.74, 6) is 1.38. The Bertz CT molecular complexity index is 1110. The van der Waals surface area contributed by atoms with E-state index in [1.54, 1.807) is 0 Å². The van der Waals surface area contributed by atoms with Crippen molar-refractivity contribution in [2.75, 3.05) is 6.54 Å². The van der Waals surface area contributed by atoms with Crippen molar-refractivity contribution >= 4 is 16.9 Å². The zero-order valence-electron chi connectivity index (χ0n) is 19.3. The van der Waals surface area contributed by atoms with Gasteiger partial charge in [-0.25, -0.2) is 4.98 Å². The lowest BCUT2D eigenvalue weighted by Gasteiger charge is -2.32. The van der Waals surface area contributed by atoms with Crippen LogP contribution in [0.5, 0.6) is 0 Å². The number of carbonyl (C=O) groups is 1. The lowest BCUT2D eigenvalue weighted by molar-refractivity contribution is -0.131. The molecule has 0 bridgehead atoms. The Balaban J connectivity index is 1.83. The standard InChI is InChI=1S/C26H33N3O/c1-16-12-17(2)19(4)21(18(16)3)15-28-23-11-9-8-10-22(23)27-25(28)20-13-24(30)29(14-20)26(5,6)7/h8-12,20H,13-15H2,1-7H3. The molecule has 1 atom stereocenters. The zero-order valence-corrected chi connectivity index (χ0v) is 19.3. The summed E-state index contributed by atoms with van der Waals surface area (Å²) in [4.78, 5) is 19.8. The lowest BCUT2D eigenvalue weighted by Crippen LogP contribution is -2.42. The maximum Gasteiger partial charge on any atom is 0.223 e. The van der Waals surface area contributed by atoms with Gasteiger partial charge in [-0.3, -0.25) is 4.79 Å². The molecule has 1 saturated heterocycles. The molecular formula is C26H33N3O. The number of hydrogen-bond acceptors (Lipinski definition) is 2. The van der Waals surface area contributed by atoms with Gasteiger partial charge < -0.3 is 9.47 Å². The van der Waals surface area contributed by atoms with Crippen LogP contribution in [0.25, 0.3) is 11.0 Å². The van der Waals surface area contributed by atoms with Gasteiger partial charge in [0.1, 0.15) is 5.82 Å². The monoisotopic (exact) mass is 403 g/mol. The molecule has 1 fully saturated rings. The summed E-state index contributed by atoms with van der Waals surface area (Å²) in [6.45, 7) is 16.7. The normalized spacial score (nSPS) is 17.4. The molecule has 4 heteroatoms. The van der Waals surface area contributed by atoms with Crippen molar-refractivity contribution in [2.24, 2.45) is 0 Å². The van der Waals surface area contributed by atoms with Crippen LogP contribution in [0.3, 0.4) is 0 Å². The first kappa shape index (κ1) is 20.6. The molecular weight excluding hydrogens is 370 g/mol. The van der Waals surface area contributed by atoms with E-state index in [2.05, 4.69) is 77.3 Å². The predicted molar refractivity (Wildman–Crippen MR) is 123 cm³/mol. The Morgan fingerprint density at radius 1 is 1.03 bits per heavy atom. The Morgan fingerprint density at radius 3 is 2.27 bits per heavy atom. The van der Waals surface area contributed by atoms with Gasteiger partial charge in [0.05, 0.1) is 11.0 Å². The minimum Gasteiger partial charge on any atom is -0.337 e. The van der Waals surface area contributed by atoms with Gasteiger partial charge in [0.2, 0.25) is 5.91 Å². The number of benzene rings is 2. The van der Waals surface area contributed by atoms with Gasteiger partial charge in [0, 0.05) is 31.0 Å². The molecule has 1 amide bonds. The summed E-state index contributed by atoms with van der Waals surface area (Å²) in [6.07, 6.45) is 0.533. The van der Waals surface area contributed by atoms with E-state index in [9.17, 15) is 4.79 Å². The summed E-state index contributed by atoms with van der Waals surface area (Å²) in [5, 5.41) is 0. The van der Waals surface area contributed by atoms with E-state index in [1.165, 1.54) is 27.8 Å². The quantitative estimate of drug-likeness (QED) is 0.585. The van der Waals surface area contributed by atoms with Crippen LogP contribution in [0.15, 0.2) is 30.3 Å². The third-order valence-electron chi connectivity index (χ3n) is 6.82. The maximum absolute atomic E-state index is 12.8. The van der Waals surface area contributed by atoms with Gasteiger partial charge in [-0.2, -0.15) is 0 Å². The molecule has 0 spiro atoms. The number of rotatable bonds is 3. The van der Waals surface area contributed by atoms with Crippen LogP contribution >= 0.6 is 0 Å². The number of nitrogens with zero attached hydrogens (tertiary/aromatic N) is 3. The van der Waals surface area contributed by atoms with Crippen LogP contribution in [0, 0.1) is 27.7 Å². The molecule has 2 heterocycles. The first-order valence-corrected chi connectivity index (χ1v) is 10.9. The third kappa shape index (κ3) is 3.42. The van der Waals surface area contributed by atoms with Crippen molar-refractivity contribution < 1.29 is 4.79 Å². The molecule has 158 valence electrons. The minimum absolute atomic E-state index is 0.121. The van der Waals surface area contributed by atoms with Crippen molar-refractivity contribution in [3.05, 3.63) is 64.0 Å². The Kier molecular flexibility index (Phi) is 5.00. The average molecular weight is 404 g/mol. The highest BCUT2D eigenvalue weighted by Gasteiger charge is 2.39. The number of fused-ring (bicyclic) bond motifs is 1. The van der Waals surface area contributed by atoms with Crippen LogP contribution in [-0.4, -0.2) is 32.4 Å². The predicted octanol–water partition coefficient (Wildman–Crippen LogP) is 5.43. The van der Waals surface area contributed by atoms with E-state index in [1.807, 2.05) is 11.0 Å². The fourth-order valence-electron chi connectivity index (χ4n) is 4.79. The van der Waals surface area contributed by atoms with Crippen LogP contribution in [0.1, 0.15) is 66.8 Å². The maximum atomic E-state index is 12.8. The van der Waals surface area contributed by atoms with Gasteiger partial charge in [0.25, 0.3) is 0 Å². The topological polar surface area (TPSA) is 38.1 Å². The van der Waals surface area contributed by atoms with E-state index >= 15 is 0 Å². The van der Waals surface area contributed by atoms with Crippen LogP contribution in [-0.2, 0) is 11.3 Å². The van der Waals surface area contributed by atoms with Gasteiger partial charge in [-0.1, -0.05) is 18.2 Å². The first-order valence-electron chi connectivity index (χ1n) is 10.9. The highest BCUT2D eigenvalue weighted by molar-refractivity contribution is 5.81. The van der Waals surface area contributed by atoms with E-state index in [0.29, 0.717) is 6.42 Å². The number of aryl methyl sites for hydroxylation is 2. The average Bonchev–Trinajstić information content (AvgIpc) is 3.24. The number of likely N-dealkylation sites (tertiary alicyclic amines) is 1. The molecule has 3 aromatic rings. The molecule has 30 heavy (non-hydrogen) atoms. The molecule has 0 N–H and O–H groups in total. The van der Waals surface area contributed by atoms with Gasteiger partial charge >= 0.3 is 0 Å². The van der Waals surface area contributed by atoms with E-state index < -0.39 is 0 Å². The number of para-hydroxylation sites is 2. The Hall–Kier alpha value is -2.62. The smallest absolute Gasteiger partial charge is 0.223 e. The summed E-state index contributed by atoms with van der Waals surface area (Å²) in [6, 6.07) is 10.6. The molecule has 1 aromatic heterocycles. The van der Waals surface area contributed by atoms with Crippen molar-refractivity contribution in [1.29, 1.82) is 0 Å². The number of hydrogen-bond donors (Lipinski definition) is 0. The number of imidazole rings is 1. The summed E-state index contributed by atoms with van der Waals surface area (Å²) in [7, 11) is 0. The molecule has 0 aliphatic carbocycles. The van der Waals surface area contributed by atoms with Crippen molar-refractivity contribution in [3.8, 4) is 0 Å². The van der Waals surface area contributed by atoms with Gasteiger partial charge in [-0.15, -0.1) is 0 Å². The van der Waals surface area contributed by atoms with Crippen LogP contribution in [0.2, 0.25) is 0 Å². The van der Waals surface area contributed by atoms with E-state index in [0.717, 1.165) is 29.9 Å². The highest BCUT2D eigenvalue weighted by Crippen LogP contribution is 2.35.